The summed E-state index contributed by atoms with van der Waals surface area (Å²) in [6.07, 6.45) is 7.06. The Labute approximate surface area is 172 Å². The molecule has 4 aliphatic carbocycles. The number of benzene rings is 1. The van der Waals surface area contributed by atoms with E-state index in [0.717, 1.165) is 37.0 Å². The number of amides is 1. The fraction of sp³-hybridized carbons (Fsp3) is 0.667. The Balaban J connectivity index is 1.57. The van der Waals surface area contributed by atoms with Crippen LogP contribution in [0.3, 0.4) is 0 Å². The Morgan fingerprint density at radius 2 is 1.61 bits per heavy atom. The van der Waals surface area contributed by atoms with E-state index in [1.165, 1.54) is 31.4 Å². The molecule has 0 spiro atoms. The average molecular weight is 425 g/mol. The molecule has 5 rings (SSSR count). The van der Waals surface area contributed by atoms with Crippen molar-refractivity contribution in [2.75, 3.05) is 0 Å². The van der Waals surface area contributed by atoms with Gasteiger partial charge in [-0.1, -0.05) is 11.6 Å². The largest absolute Gasteiger partial charge is 0.347 e. The zero-order chi connectivity index (χ0) is 20.3. The van der Waals surface area contributed by atoms with Crippen molar-refractivity contribution in [3.63, 3.8) is 0 Å². The van der Waals surface area contributed by atoms with Gasteiger partial charge >= 0.3 is 0 Å². The molecule has 0 radical (unpaired) electrons. The first-order chi connectivity index (χ1) is 12.9. The summed E-state index contributed by atoms with van der Waals surface area (Å²) in [6.45, 7) is 5.30. The van der Waals surface area contributed by atoms with Gasteiger partial charge in [-0.25, -0.2) is 13.1 Å². The van der Waals surface area contributed by atoms with Crippen LogP contribution in [0.15, 0.2) is 23.1 Å². The summed E-state index contributed by atoms with van der Waals surface area (Å²) in [6, 6.07) is 4.49. The SMILES string of the molecule is CC(C)(C)NS(=O)(=O)c1cc(C(=O)NC23CC4CC(CC(C4)C2)C3)ccc1Cl. The van der Waals surface area contributed by atoms with Crippen LogP contribution in [-0.4, -0.2) is 25.4 Å². The van der Waals surface area contributed by atoms with E-state index in [1.54, 1.807) is 26.8 Å². The molecular weight excluding hydrogens is 396 g/mol. The number of halogens is 1. The number of carbonyl (C=O) groups is 1. The Bertz CT molecular complexity index is 869. The van der Waals surface area contributed by atoms with Gasteiger partial charge in [0.05, 0.1) is 5.02 Å². The van der Waals surface area contributed by atoms with Crippen molar-refractivity contribution in [2.45, 2.75) is 75.3 Å². The van der Waals surface area contributed by atoms with Crippen LogP contribution in [0.4, 0.5) is 0 Å². The van der Waals surface area contributed by atoms with E-state index in [9.17, 15) is 13.2 Å². The quantitative estimate of drug-likeness (QED) is 0.763. The van der Waals surface area contributed by atoms with Crippen molar-refractivity contribution >= 4 is 27.5 Å². The molecule has 154 valence electrons. The van der Waals surface area contributed by atoms with Crippen LogP contribution < -0.4 is 10.0 Å². The minimum Gasteiger partial charge on any atom is -0.347 e. The lowest BCUT2D eigenvalue weighted by atomic mass is 9.53. The number of hydrogen-bond acceptors (Lipinski definition) is 3. The molecular formula is C21H29ClN2O3S. The fourth-order valence-electron chi connectivity index (χ4n) is 5.89. The lowest BCUT2D eigenvalue weighted by molar-refractivity contribution is -0.0167. The van der Waals surface area contributed by atoms with E-state index in [-0.39, 0.29) is 21.4 Å². The summed E-state index contributed by atoms with van der Waals surface area (Å²) in [5.41, 5.74) is -0.414. The molecule has 1 aromatic carbocycles. The zero-order valence-corrected chi connectivity index (χ0v) is 18.3. The molecule has 0 heterocycles. The predicted octanol–water partition coefficient (Wildman–Crippen LogP) is 4.12. The van der Waals surface area contributed by atoms with Crippen LogP contribution >= 0.6 is 11.6 Å². The second-order valence-corrected chi connectivity index (χ2v) is 12.2. The van der Waals surface area contributed by atoms with Crippen LogP contribution in [0.25, 0.3) is 0 Å². The first-order valence-corrected chi connectivity index (χ1v) is 12.0. The molecule has 4 aliphatic rings. The third-order valence-electron chi connectivity index (χ3n) is 6.34. The maximum atomic E-state index is 13.0. The standard InChI is InChI=1S/C21H29ClN2O3S/c1-20(2,3)24-28(26,27)18-9-16(4-5-17(18)22)19(25)23-21-10-13-6-14(11-21)8-15(7-13)12-21/h4-5,9,13-15,24H,6-8,10-12H2,1-3H3,(H,23,25). The molecule has 28 heavy (non-hydrogen) atoms. The molecule has 4 saturated carbocycles. The van der Waals surface area contributed by atoms with Crippen molar-refractivity contribution in [3.05, 3.63) is 28.8 Å². The molecule has 0 aliphatic heterocycles. The van der Waals surface area contributed by atoms with Crippen molar-refractivity contribution in [1.82, 2.24) is 10.0 Å². The van der Waals surface area contributed by atoms with Gasteiger partial charge in [0.1, 0.15) is 4.90 Å². The lowest BCUT2D eigenvalue weighted by Gasteiger charge is -2.56. The van der Waals surface area contributed by atoms with Gasteiger partial charge < -0.3 is 5.32 Å². The highest BCUT2D eigenvalue weighted by Crippen LogP contribution is 2.55. The van der Waals surface area contributed by atoms with Gasteiger partial charge in [-0.2, -0.15) is 0 Å². The van der Waals surface area contributed by atoms with Gasteiger partial charge in [-0.15, -0.1) is 0 Å². The number of hydrogen-bond donors (Lipinski definition) is 2. The van der Waals surface area contributed by atoms with Gasteiger partial charge in [0.15, 0.2) is 0 Å². The Kier molecular flexibility index (Phi) is 4.83. The highest BCUT2D eigenvalue weighted by molar-refractivity contribution is 7.89. The first kappa shape index (κ1) is 20.2. The number of nitrogens with one attached hydrogen (secondary N) is 2. The minimum atomic E-state index is -3.82. The van der Waals surface area contributed by atoms with Crippen molar-refractivity contribution in [3.8, 4) is 0 Å². The van der Waals surface area contributed by atoms with E-state index in [1.807, 2.05) is 0 Å². The molecule has 1 amide bonds. The smallest absolute Gasteiger partial charge is 0.251 e. The molecule has 4 bridgehead atoms. The molecule has 0 unspecified atom stereocenters. The van der Waals surface area contributed by atoms with Gasteiger partial charge in [-0.3, -0.25) is 4.79 Å². The number of carbonyl (C=O) groups excluding carboxylic acids is 1. The van der Waals surface area contributed by atoms with Gasteiger partial charge in [-0.05, 0) is 95.2 Å². The molecule has 2 N–H and O–H groups in total. The van der Waals surface area contributed by atoms with Crippen molar-refractivity contribution in [1.29, 1.82) is 0 Å². The normalized spacial score (nSPS) is 31.8. The zero-order valence-electron chi connectivity index (χ0n) is 16.7. The third-order valence-corrected chi connectivity index (χ3v) is 8.58. The van der Waals surface area contributed by atoms with E-state index < -0.39 is 15.6 Å². The predicted molar refractivity (Wildman–Crippen MR) is 110 cm³/mol. The topological polar surface area (TPSA) is 75.3 Å². The van der Waals surface area contributed by atoms with Crippen molar-refractivity contribution in [2.24, 2.45) is 17.8 Å². The molecule has 0 saturated heterocycles. The third kappa shape index (κ3) is 3.96. The molecule has 7 heteroatoms. The molecule has 4 fully saturated rings. The van der Waals surface area contributed by atoms with Crippen molar-refractivity contribution < 1.29 is 13.2 Å². The van der Waals surface area contributed by atoms with E-state index >= 15 is 0 Å². The lowest BCUT2D eigenvalue weighted by Crippen LogP contribution is -2.59. The first-order valence-electron chi connectivity index (χ1n) is 10.1. The van der Waals surface area contributed by atoms with E-state index in [4.69, 9.17) is 11.6 Å². The monoisotopic (exact) mass is 424 g/mol. The van der Waals surface area contributed by atoms with E-state index in [2.05, 4.69) is 10.0 Å². The van der Waals surface area contributed by atoms with Crippen LogP contribution in [0.1, 0.15) is 69.7 Å². The highest BCUT2D eigenvalue weighted by Gasteiger charge is 2.51. The second kappa shape index (κ2) is 6.71. The average Bonchev–Trinajstić information content (AvgIpc) is 2.50. The highest BCUT2D eigenvalue weighted by atomic mass is 35.5. The maximum absolute atomic E-state index is 13.0. The van der Waals surface area contributed by atoms with Gasteiger partial charge in [0.2, 0.25) is 10.0 Å². The molecule has 1 aromatic rings. The Morgan fingerprint density at radius 1 is 1.07 bits per heavy atom. The van der Waals surface area contributed by atoms with Gasteiger partial charge in [0.25, 0.3) is 5.91 Å². The van der Waals surface area contributed by atoms with Crippen LogP contribution in [0, 0.1) is 17.8 Å². The summed E-state index contributed by atoms with van der Waals surface area (Å²) < 4.78 is 28.1. The molecule has 0 atom stereocenters. The summed E-state index contributed by atoms with van der Waals surface area (Å²) in [7, 11) is -3.82. The Morgan fingerprint density at radius 3 is 2.11 bits per heavy atom. The van der Waals surface area contributed by atoms with E-state index in [0.29, 0.717) is 5.56 Å². The number of sulfonamides is 1. The minimum absolute atomic E-state index is 0.0535. The summed E-state index contributed by atoms with van der Waals surface area (Å²) in [5, 5.41) is 3.40. The van der Waals surface area contributed by atoms with Gasteiger partial charge in [0, 0.05) is 16.6 Å². The summed E-state index contributed by atoms with van der Waals surface area (Å²) in [5.74, 6) is 1.97. The maximum Gasteiger partial charge on any atom is 0.251 e. The molecule has 5 nitrogen and oxygen atoms in total. The second-order valence-electron chi connectivity index (χ2n) is 10.2. The molecule has 0 aromatic heterocycles. The van der Waals surface area contributed by atoms with Crippen LogP contribution in [0.2, 0.25) is 5.02 Å². The number of rotatable bonds is 4. The van der Waals surface area contributed by atoms with Crippen LogP contribution in [-0.2, 0) is 10.0 Å². The summed E-state index contributed by atoms with van der Waals surface area (Å²) in [4.78, 5) is 13.0. The summed E-state index contributed by atoms with van der Waals surface area (Å²) >= 11 is 6.16. The van der Waals surface area contributed by atoms with Crippen LogP contribution in [0.5, 0.6) is 0 Å². The fourth-order valence-corrected chi connectivity index (χ4v) is 7.83. The Hall–Kier alpha value is -1.11.